The number of rotatable bonds is 2. The average Bonchev–Trinajstić information content (AvgIpc) is 3.11. The van der Waals surface area contributed by atoms with Crippen LogP contribution in [0.2, 0.25) is 0 Å². The van der Waals surface area contributed by atoms with Crippen LogP contribution in [0, 0.1) is 13.8 Å². The Hall–Kier alpha value is -2.27. The van der Waals surface area contributed by atoms with Gasteiger partial charge in [0.25, 0.3) is 11.8 Å². The second kappa shape index (κ2) is 7.63. The Balaban J connectivity index is 1.48. The summed E-state index contributed by atoms with van der Waals surface area (Å²) in [6.45, 7) is 6.18. The molecule has 2 aliphatic heterocycles. The Morgan fingerprint density at radius 2 is 1.57 bits per heavy atom. The van der Waals surface area contributed by atoms with E-state index in [0.29, 0.717) is 13.1 Å². The lowest BCUT2D eigenvalue weighted by Gasteiger charge is -2.44. The van der Waals surface area contributed by atoms with Crippen LogP contribution in [-0.2, 0) is 0 Å². The number of piperidine rings is 1. The van der Waals surface area contributed by atoms with Crippen molar-refractivity contribution in [3.63, 3.8) is 0 Å². The summed E-state index contributed by atoms with van der Waals surface area (Å²) < 4.78 is 0. The third kappa shape index (κ3) is 3.44. The molecule has 0 aliphatic carbocycles. The Morgan fingerprint density at radius 3 is 2.25 bits per heavy atom. The van der Waals surface area contributed by atoms with E-state index >= 15 is 0 Å². The van der Waals surface area contributed by atoms with Crippen LogP contribution < -0.4 is 0 Å². The molecule has 4 rings (SSSR count). The van der Waals surface area contributed by atoms with Crippen molar-refractivity contribution in [2.45, 2.75) is 31.6 Å². The molecule has 0 atom stereocenters. The molecule has 2 fully saturated rings. The molecule has 2 aromatic rings. The molecule has 28 heavy (non-hydrogen) atoms. The summed E-state index contributed by atoms with van der Waals surface area (Å²) in [4.78, 5) is 29.9. The zero-order chi connectivity index (χ0) is 19.7. The summed E-state index contributed by atoms with van der Waals surface area (Å²) >= 11 is 1.88. The third-order valence-corrected chi connectivity index (χ3v) is 7.48. The van der Waals surface area contributed by atoms with Crippen LogP contribution in [0.25, 0.3) is 0 Å². The molecule has 5 heteroatoms. The fourth-order valence-electron chi connectivity index (χ4n) is 4.21. The fourth-order valence-corrected chi connectivity index (χ4v) is 5.66. The first-order chi connectivity index (χ1) is 13.5. The molecule has 0 saturated carbocycles. The maximum absolute atomic E-state index is 13.2. The summed E-state index contributed by atoms with van der Waals surface area (Å²) in [6, 6.07) is 15.6. The molecule has 1 spiro atoms. The highest BCUT2D eigenvalue weighted by molar-refractivity contribution is 8.00. The molecule has 2 heterocycles. The number of thioether (sulfide) groups is 1. The molecule has 2 aliphatic rings. The molecule has 4 nitrogen and oxygen atoms in total. The van der Waals surface area contributed by atoms with Crippen LogP contribution in [0.1, 0.15) is 44.7 Å². The van der Waals surface area contributed by atoms with Gasteiger partial charge in [-0.15, -0.1) is 11.8 Å². The van der Waals surface area contributed by atoms with Crippen LogP contribution in [0.15, 0.2) is 48.5 Å². The monoisotopic (exact) mass is 394 g/mol. The zero-order valence-corrected chi connectivity index (χ0v) is 17.3. The largest absolute Gasteiger partial charge is 0.338 e. The van der Waals surface area contributed by atoms with E-state index in [4.69, 9.17) is 0 Å². The van der Waals surface area contributed by atoms with Crippen molar-refractivity contribution in [3.8, 4) is 0 Å². The Morgan fingerprint density at radius 1 is 0.893 bits per heavy atom. The van der Waals surface area contributed by atoms with Crippen LogP contribution in [-0.4, -0.2) is 51.9 Å². The molecular formula is C23H26N2O2S. The summed E-state index contributed by atoms with van der Waals surface area (Å²) in [6.07, 6.45) is 1.65. The van der Waals surface area contributed by atoms with Gasteiger partial charge in [0.05, 0.1) is 4.87 Å². The van der Waals surface area contributed by atoms with Crippen molar-refractivity contribution in [1.29, 1.82) is 0 Å². The van der Waals surface area contributed by atoms with Gasteiger partial charge in [-0.3, -0.25) is 9.59 Å². The standard InChI is InChI=1S/C23H26N2O2S/c1-17-7-9-19(10-8-17)21(26)24-13-11-23(12-14-24)25(15-16-28-23)22(27)20-6-4-3-5-18(20)2/h3-10H,11-16H2,1-2H3. The number of benzene rings is 2. The SMILES string of the molecule is Cc1ccc(C(=O)N2CCC3(CC2)SCCN3C(=O)c2ccccc2C)cc1. The number of nitrogens with zero attached hydrogens (tertiary/aromatic N) is 2. The van der Waals surface area contributed by atoms with Gasteiger partial charge in [0.2, 0.25) is 0 Å². The van der Waals surface area contributed by atoms with Gasteiger partial charge >= 0.3 is 0 Å². The van der Waals surface area contributed by atoms with E-state index < -0.39 is 0 Å². The number of carbonyl (C=O) groups excluding carboxylic acids is 2. The van der Waals surface area contributed by atoms with Crippen molar-refractivity contribution >= 4 is 23.6 Å². The van der Waals surface area contributed by atoms with Gasteiger partial charge in [0.15, 0.2) is 0 Å². The number of hydrogen-bond acceptors (Lipinski definition) is 3. The Labute approximate surface area is 170 Å². The van der Waals surface area contributed by atoms with Gasteiger partial charge in [-0.1, -0.05) is 35.9 Å². The van der Waals surface area contributed by atoms with Gasteiger partial charge in [-0.25, -0.2) is 0 Å². The quantitative estimate of drug-likeness (QED) is 0.769. The first-order valence-electron chi connectivity index (χ1n) is 9.88. The van der Waals surface area contributed by atoms with Crippen LogP contribution in [0.5, 0.6) is 0 Å². The molecule has 2 saturated heterocycles. The molecule has 0 bridgehead atoms. The number of carbonyl (C=O) groups is 2. The van der Waals surface area contributed by atoms with E-state index in [1.165, 1.54) is 0 Å². The Bertz CT molecular complexity index is 886. The predicted molar refractivity (Wildman–Crippen MR) is 114 cm³/mol. The number of aryl methyl sites for hydroxylation is 2. The van der Waals surface area contributed by atoms with Crippen molar-refractivity contribution < 1.29 is 9.59 Å². The second-order valence-electron chi connectivity index (χ2n) is 7.72. The maximum Gasteiger partial charge on any atom is 0.255 e. The van der Waals surface area contributed by atoms with Crippen LogP contribution in [0.3, 0.4) is 0 Å². The minimum atomic E-state index is -0.177. The van der Waals surface area contributed by atoms with Gasteiger partial charge in [-0.2, -0.15) is 0 Å². The minimum absolute atomic E-state index is 0.0922. The van der Waals surface area contributed by atoms with Gasteiger partial charge < -0.3 is 9.80 Å². The molecular weight excluding hydrogens is 368 g/mol. The highest BCUT2D eigenvalue weighted by Gasteiger charge is 2.47. The van der Waals surface area contributed by atoms with E-state index in [1.54, 1.807) is 0 Å². The minimum Gasteiger partial charge on any atom is -0.338 e. The van der Waals surface area contributed by atoms with Gasteiger partial charge in [0, 0.05) is 36.5 Å². The lowest BCUT2D eigenvalue weighted by atomic mass is 9.99. The summed E-state index contributed by atoms with van der Waals surface area (Å²) in [5, 5.41) is 0. The Kier molecular flexibility index (Phi) is 5.19. The second-order valence-corrected chi connectivity index (χ2v) is 9.18. The topological polar surface area (TPSA) is 40.6 Å². The summed E-state index contributed by atoms with van der Waals surface area (Å²) in [7, 11) is 0. The van der Waals surface area contributed by atoms with Crippen LogP contribution in [0.4, 0.5) is 0 Å². The summed E-state index contributed by atoms with van der Waals surface area (Å²) in [5.41, 5.74) is 3.71. The highest BCUT2D eigenvalue weighted by Crippen LogP contribution is 2.44. The molecule has 0 aromatic heterocycles. The first kappa shape index (κ1) is 19.1. The van der Waals surface area contributed by atoms with E-state index in [0.717, 1.165) is 47.4 Å². The molecule has 146 valence electrons. The maximum atomic E-state index is 13.2. The number of amides is 2. The first-order valence-corrected chi connectivity index (χ1v) is 10.9. The fraction of sp³-hybridized carbons (Fsp3) is 0.391. The highest BCUT2D eigenvalue weighted by atomic mass is 32.2. The molecule has 0 radical (unpaired) electrons. The zero-order valence-electron chi connectivity index (χ0n) is 16.5. The van der Waals surface area contributed by atoms with Crippen molar-refractivity contribution in [2.24, 2.45) is 0 Å². The number of hydrogen-bond donors (Lipinski definition) is 0. The lowest BCUT2D eigenvalue weighted by Crippen LogP contribution is -2.53. The normalized spacial score (nSPS) is 18.5. The van der Waals surface area contributed by atoms with Gasteiger partial charge in [-0.05, 0) is 50.5 Å². The van der Waals surface area contributed by atoms with E-state index in [2.05, 4.69) is 4.90 Å². The van der Waals surface area contributed by atoms with Crippen molar-refractivity contribution in [1.82, 2.24) is 9.80 Å². The molecule has 0 unspecified atom stereocenters. The lowest BCUT2D eigenvalue weighted by molar-refractivity contribution is 0.0497. The average molecular weight is 395 g/mol. The van der Waals surface area contributed by atoms with E-state index in [-0.39, 0.29) is 16.7 Å². The molecule has 2 amide bonds. The molecule has 2 aromatic carbocycles. The number of likely N-dealkylation sites (tertiary alicyclic amines) is 1. The predicted octanol–water partition coefficient (Wildman–Crippen LogP) is 4.12. The summed E-state index contributed by atoms with van der Waals surface area (Å²) in [5.74, 6) is 1.18. The van der Waals surface area contributed by atoms with Crippen LogP contribution >= 0.6 is 11.8 Å². The van der Waals surface area contributed by atoms with Gasteiger partial charge in [0.1, 0.15) is 0 Å². The van der Waals surface area contributed by atoms with E-state index in [9.17, 15) is 9.59 Å². The third-order valence-electron chi connectivity index (χ3n) is 5.93. The molecule has 0 N–H and O–H groups in total. The van der Waals surface area contributed by atoms with E-state index in [1.807, 2.05) is 79.0 Å². The van der Waals surface area contributed by atoms with Crippen molar-refractivity contribution in [2.75, 3.05) is 25.4 Å². The van der Waals surface area contributed by atoms with Crippen molar-refractivity contribution in [3.05, 3.63) is 70.8 Å². The smallest absolute Gasteiger partial charge is 0.255 e.